The van der Waals surface area contributed by atoms with E-state index in [2.05, 4.69) is 20.6 Å². The van der Waals surface area contributed by atoms with Gasteiger partial charge in [0.05, 0.1) is 69.8 Å². The summed E-state index contributed by atoms with van der Waals surface area (Å²) in [7, 11) is -3.06. The van der Waals surface area contributed by atoms with E-state index in [-0.39, 0.29) is 50.7 Å². The molecule has 0 saturated carbocycles. The van der Waals surface area contributed by atoms with E-state index in [1.807, 2.05) is 20.8 Å². The first kappa shape index (κ1) is 48.6. The number of rotatable bonds is 29. The minimum atomic E-state index is -4.60. The van der Waals surface area contributed by atoms with Gasteiger partial charge in [-0.1, -0.05) is 27.2 Å². The summed E-state index contributed by atoms with van der Waals surface area (Å²) in [6.45, 7) is 7.19. The van der Waals surface area contributed by atoms with E-state index in [0.29, 0.717) is 51.1 Å². The van der Waals surface area contributed by atoms with Crippen molar-refractivity contribution < 1.29 is 61.9 Å². The molecule has 1 aromatic heterocycles. The van der Waals surface area contributed by atoms with Crippen LogP contribution in [0.3, 0.4) is 0 Å². The van der Waals surface area contributed by atoms with Crippen molar-refractivity contribution in [3.8, 4) is 0 Å². The van der Waals surface area contributed by atoms with Gasteiger partial charge in [-0.25, -0.2) is 9.55 Å². The second-order valence-corrected chi connectivity index (χ2v) is 15.7. The van der Waals surface area contributed by atoms with Gasteiger partial charge in [0.1, 0.15) is 12.1 Å². The molecule has 1 saturated heterocycles. The molecule has 2 heterocycles. The Labute approximate surface area is 328 Å². The van der Waals surface area contributed by atoms with Crippen LogP contribution in [0.25, 0.3) is 0 Å². The molecule has 19 nitrogen and oxygen atoms in total. The second kappa shape index (κ2) is 24.9. The number of likely N-dealkylation sites (tertiary alicyclic amines) is 1. The molecule has 1 aliphatic rings. The van der Waals surface area contributed by atoms with Crippen LogP contribution in [0.15, 0.2) is 12.5 Å². The maximum Gasteiger partial charge on any atom is 0.472 e. The lowest BCUT2D eigenvalue weighted by Gasteiger charge is -2.28. The van der Waals surface area contributed by atoms with Crippen molar-refractivity contribution in [1.82, 2.24) is 25.5 Å². The number of aromatic nitrogens is 2. The summed E-state index contributed by atoms with van der Waals surface area (Å²) in [5.74, 6) is -6.39. The number of carbonyl (C=O) groups excluding carboxylic acids is 6. The zero-order chi connectivity index (χ0) is 41.8. The number of primary amides is 1. The quantitative estimate of drug-likeness (QED) is 0.0486. The molecule has 1 fully saturated rings. The van der Waals surface area contributed by atoms with Crippen LogP contribution in [0, 0.1) is 17.8 Å². The minimum absolute atomic E-state index is 0.0256. The molecular formula is C36H61N6O13P. The van der Waals surface area contributed by atoms with Gasteiger partial charge in [-0.15, -0.1) is 0 Å². The highest BCUT2D eigenvalue weighted by Gasteiger charge is 2.38. The number of phosphoric acid groups is 1. The normalized spacial score (nSPS) is 18.1. The molecule has 2 rings (SSSR count). The van der Waals surface area contributed by atoms with E-state index in [9.17, 15) is 43.3 Å². The highest BCUT2D eigenvalue weighted by molar-refractivity contribution is 7.47. The predicted octanol–water partition coefficient (Wildman–Crippen LogP) is 0.963. The average Bonchev–Trinajstić information content (AvgIpc) is 3.84. The molecule has 0 spiro atoms. The summed E-state index contributed by atoms with van der Waals surface area (Å²) >= 11 is 0. The first-order valence-electron chi connectivity index (χ1n) is 19.1. The molecule has 0 aliphatic carbocycles. The molecule has 1 aromatic rings. The summed E-state index contributed by atoms with van der Waals surface area (Å²) in [4.78, 5) is 98.3. The van der Waals surface area contributed by atoms with Crippen molar-refractivity contribution in [2.24, 2.45) is 23.5 Å². The number of Topliss-reactive ketones (excluding diaryl/α,β-unsaturated/α-hetero) is 2. The smallest absolute Gasteiger partial charge is 0.394 e. The monoisotopic (exact) mass is 816 g/mol. The summed E-state index contributed by atoms with van der Waals surface area (Å²) in [6, 6.07) is -3.32. The molecular weight excluding hydrogens is 755 g/mol. The summed E-state index contributed by atoms with van der Waals surface area (Å²) < 4.78 is 32.7. The van der Waals surface area contributed by atoms with Gasteiger partial charge in [0.15, 0.2) is 11.6 Å². The van der Waals surface area contributed by atoms with Crippen LogP contribution in [0.1, 0.15) is 84.8 Å². The van der Waals surface area contributed by atoms with Gasteiger partial charge >= 0.3 is 7.82 Å². The third-order valence-electron chi connectivity index (χ3n) is 9.31. The lowest BCUT2D eigenvalue weighted by atomic mass is 9.89. The van der Waals surface area contributed by atoms with Crippen LogP contribution >= 0.6 is 7.82 Å². The number of ether oxygens (including phenoxy) is 2. The fourth-order valence-corrected chi connectivity index (χ4v) is 7.20. The number of phosphoric ester groups is 1. The molecule has 56 heavy (non-hydrogen) atoms. The van der Waals surface area contributed by atoms with E-state index in [4.69, 9.17) is 24.3 Å². The van der Waals surface area contributed by atoms with E-state index in [0.717, 1.165) is 0 Å². The van der Waals surface area contributed by atoms with Crippen LogP contribution in [0.5, 0.6) is 0 Å². The lowest BCUT2D eigenvalue weighted by molar-refractivity contribution is -0.140. The Morgan fingerprint density at radius 1 is 1.05 bits per heavy atom. The number of hydrogen-bond donors (Lipinski definition) is 6. The fourth-order valence-electron chi connectivity index (χ4n) is 6.21. The Morgan fingerprint density at radius 3 is 2.38 bits per heavy atom. The Balaban J connectivity index is 2.19. The van der Waals surface area contributed by atoms with Gasteiger partial charge in [-0.05, 0) is 38.5 Å². The molecule has 4 amide bonds. The van der Waals surface area contributed by atoms with Crippen LogP contribution in [0.4, 0.5) is 0 Å². The molecule has 7 N–H and O–H groups in total. The largest absolute Gasteiger partial charge is 0.472 e. The summed E-state index contributed by atoms with van der Waals surface area (Å²) in [6.07, 6.45) is 2.96. The molecule has 0 radical (unpaired) electrons. The number of nitrogens with one attached hydrogen (secondary N) is 3. The van der Waals surface area contributed by atoms with Gasteiger partial charge in [0.25, 0.3) is 0 Å². The molecule has 1 aliphatic heterocycles. The number of carbonyl (C=O) groups is 6. The van der Waals surface area contributed by atoms with Gasteiger partial charge in [0, 0.05) is 44.8 Å². The van der Waals surface area contributed by atoms with Crippen LogP contribution in [-0.4, -0.2) is 131 Å². The van der Waals surface area contributed by atoms with Crippen LogP contribution < -0.4 is 16.4 Å². The number of hydrogen-bond acceptors (Lipinski definition) is 13. The molecule has 0 aromatic carbocycles. The molecule has 318 valence electrons. The second-order valence-electron chi connectivity index (χ2n) is 14.3. The number of aliphatic hydroxyl groups excluding tert-OH is 1. The minimum Gasteiger partial charge on any atom is -0.394 e. The van der Waals surface area contributed by atoms with Crippen molar-refractivity contribution >= 4 is 43.0 Å². The average molecular weight is 817 g/mol. The topological polar surface area (TPSA) is 279 Å². The maximum absolute atomic E-state index is 13.9. The van der Waals surface area contributed by atoms with E-state index in [1.165, 1.54) is 24.3 Å². The van der Waals surface area contributed by atoms with Crippen molar-refractivity contribution in [2.45, 2.75) is 110 Å². The SMILES string of the molecule is CCCCOP(=O)(O)O[C@H](C)[C@H](CC(=O)[C@H](CO)NC(=O)[C@@H](CC(=O)[C@H](CC(C)C)NC(=O)[C@@H]1CCCN1C(=O)CCOCCOC)Cc1cnc[nH]1)C(N)=O. The first-order valence-corrected chi connectivity index (χ1v) is 20.6. The Morgan fingerprint density at radius 2 is 1.77 bits per heavy atom. The molecule has 0 bridgehead atoms. The maximum atomic E-state index is 13.9. The molecule has 1 unspecified atom stereocenters. The predicted molar refractivity (Wildman–Crippen MR) is 201 cm³/mol. The third-order valence-corrected chi connectivity index (χ3v) is 10.4. The van der Waals surface area contributed by atoms with Gasteiger partial charge in [-0.3, -0.25) is 37.8 Å². The van der Waals surface area contributed by atoms with Gasteiger partial charge in [-0.2, -0.15) is 0 Å². The van der Waals surface area contributed by atoms with E-state index in [1.54, 1.807) is 7.11 Å². The Kier molecular flexibility index (Phi) is 21.6. The zero-order valence-corrected chi connectivity index (χ0v) is 34.0. The van der Waals surface area contributed by atoms with Crippen molar-refractivity contribution in [2.75, 3.05) is 46.7 Å². The zero-order valence-electron chi connectivity index (χ0n) is 33.1. The van der Waals surface area contributed by atoms with Crippen molar-refractivity contribution in [3.63, 3.8) is 0 Å². The van der Waals surface area contributed by atoms with E-state index < -0.39 is 86.2 Å². The number of unbranched alkanes of at least 4 members (excludes halogenated alkanes) is 1. The number of nitrogens with zero attached hydrogens (tertiary/aromatic N) is 2. The third kappa shape index (κ3) is 16.9. The number of H-pyrrole nitrogens is 1. The Hall–Kier alpha value is -3.58. The Bertz CT molecular complexity index is 1460. The number of aliphatic hydroxyl groups is 1. The number of imidazole rings is 1. The number of aromatic amines is 1. The molecule has 20 heteroatoms. The highest BCUT2D eigenvalue weighted by Crippen LogP contribution is 2.46. The summed E-state index contributed by atoms with van der Waals surface area (Å²) in [5.41, 5.74) is 6.00. The summed E-state index contributed by atoms with van der Waals surface area (Å²) in [5, 5.41) is 15.4. The molecule has 7 atom stereocenters. The first-order chi connectivity index (χ1) is 26.5. The van der Waals surface area contributed by atoms with Gasteiger partial charge < -0.3 is 45.7 Å². The van der Waals surface area contributed by atoms with Crippen LogP contribution in [0.2, 0.25) is 0 Å². The van der Waals surface area contributed by atoms with Crippen molar-refractivity contribution in [3.05, 3.63) is 18.2 Å². The fraction of sp³-hybridized carbons (Fsp3) is 0.750. The highest BCUT2D eigenvalue weighted by atomic mass is 31.2. The van der Waals surface area contributed by atoms with Crippen LogP contribution in [-0.2, 0) is 58.3 Å². The van der Waals surface area contributed by atoms with Gasteiger partial charge in [0.2, 0.25) is 23.6 Å². The number of methoxy groups -OCH3 is 1. The lowest BCUT2D eigenvalue weighted by Crippen LogP contribution is -2.52. The number of nitrogens with two attached hydrogens (primary N) is 1. The number of amides is 4. The standard InChI is InChI=1S/C36H61N6O13P/c1-6-7-12-54-56(50,51)55-24(4)27(34(37)47)19-32(45)29(21-43)41-35(48)25(17-26-20-38-22-39-26)18-31(44)28(16-23(2)3)40-36(49)30-9-8-11-42(30)33(46)10-13-53-15-14-52-5/h20,22-25,27-30,43H,6-19,21H2,1-5H3,(H2,37,47)(H,38,39)(H,40,49)(H,41,48)(H,50,51)/t24-,25-,27+,28+,29+,30+/m1/s1. The number of ketones is 2. The van der Waals surface area contributed by atoms with E-state index >= 15 is 0 Å². The van der Waals surface area contributed by atoms with Crippen molar-refractivity contribution in [1.29, 1.82) is 0 Å².